The number of hydrogen-bond acceptors (Lipinski definition) is 3. The monoisotopic (exact) mass is 461 g/mol. The molecule has 3 rings (SSSR count). The highest BCUT2D eigenvalue weighted by Crippen LogP contribution is 2.21. The van der Waals surface area contributed by atoms with Gasteiger partial charge in [0.25, 0.3) is 5.92 Å². The summed E-state index contributed by atoms with van der Waals surface area (Å²) >= 11 is 0. The maximum Gasteiger partial charge on any atom is 0.278 e. The Morgan fingerprint density at radius 1 is 0.750 bits per heavy atom. The van der Waals surface area contributed by atoms with Gasteiger partial charge >= 0.3 is 0 Å². The number of rotatable bonds is 3. The van der Waals surface area contributed by atoms with Gasteiger partial charge in [0.1, 0.15) is 5.83 Å². The third-order valence-corrected chi connectivity index (χ3v) is 5.87. The van der Waals surface area contributed by atoms with E-state index in [1.165, 1.54) is 0 Å². The Morgan fingerprint density at radius 3 is 1.81 bits per heavy atom. The number of alkyl halides is 2. The van der Waals surface area contributed by atoms with Crippen molar-refractivity contribution < 1.29 is 17.6 Å². The van der Waals surface area contributed by atoms with Crippen molar-refractivity contribution in [3.05, 3.63) is 36.0 Å². The Kier molecular flexibility index (Phi) is 12.8. The second-order valence-corrected chi connectivity index (χ2v) is 9.51. The Bertz CT molecular complexity index is 627. The average molecular weight is 462 g/mol. The number of halogens is 4. The standard InChI is InChI=1S/C9H15F2N.2C8H14FN/c1-8(2)12-6-4-3-5-9(10,11)7-12;1-7(2)10-5-3-8(9)4-6-10;1-7(2)10-5-3-4-8(9)6-10/h3,5,8H,4,6-7H2,1-2H3;3,7H,4-6H2,1-2H3;4,7H,3,5-6H2,1-2H3. The van der Waals surface area contributed by atoms with E-state index < -0.39 is 5.92 Å². The largest absolute Gasteiger partial charge is 0.297 e. The first-order valence-electron chi connectivity index (χ1n) is 11.9. The molecule has 0 radical (unpaired) electrons. The van der Waals surface area contributed by atoms with E-state index in [-0.39, 0.29) is 24.2 Å². The van der Waals surface area contributed by atoms with Crippen LogP contribution >= 0.6 is 0 Å². The Morgan fingerprint density at radius 2 is 1.34 bits per heavy atom. The van der Waals surface area contributed by atoms with Crippen LogP contribution in [0.4, 0.5) is 17.6 Å². The fourth-order valence-corrected chi connectivity index (χ4v) is 3.63. The first-order valence-corrected chi connectivity index (χ1v) is 11.9. The summed E-state index contributed by atoms with van der Waals surface area (Å²) in [4.78, 5) is 6.19. The zero-order chi connectivity index (χ0) is 24.3. The van der Waals surface area contributed by atoms with Crippen LogP contribution in [-0.4, -0.2) is 78.0 Å². The molecular formula is C25H43F4N3. The van der Waals surface area contributed by atoms with Gasteiger partial charge in [0.05, 0.1) is 18.9 Å². The molecule has 0 unspecified atom stereocenters. The van der Waals surface area contributed by atoms with E-state index in [9.17, 15) is 17.6 Å². The maximum atomic E-state index is 12.9. The van der Waals surface area contributed by atoms with E-state index in [0.29, 0.717) is 25.0 Å². The molecule has 0 aromatic rings. The smallest absolute Gasteiger partial charge is 0.278 e. The highest BCUT2D eigenvalue weighted by Gasteiger charge is 2.30. The second-order valence-electron chi connectivity index (χ2n) is 9.51. The lowest BCUT2D eigenvalue weighted by molar-refractivity contribution is 0.00869. The topological polar surface area (TPSA) is 9.72 Å². The zero-order valence-electron chi connectivity index (χ0n) is 20.8. The lowest BCUT2D eigenvalue weighted by Crippen LogP contribution is -2.39. The van der Waals surface area contributed by atoms with Crippen molar-refractivity contribution in [3.63, 3.8) is 0 Å². The molecule has 0 N–H and O–H groups in total. The minimum atomic E-state index is -2.64. The van der Waals surface area contributed by atoms with Crippen LogP contribution in [0.3, 0.4) is 0 Å². The second kappa shape index (κ2) is 14.2. The molecule has 0 amide bonds. The molecule has 0 fully saturated rings. The highest BCUT2D eigenvalue weighted by atomic mass is 19.3. The molecule has 3 nitrogen and oxygen atoms in total. The molecule has 7 heteroatoms. The Hall–Kier alpha value is -1.18. The minimum absolute atomic E-state index is 0.0277. The molecule has 32 heavy (non-hydrogen) atoms. The number of nitrogens with zero attached hydrogens (tertiary/aromatic N) is 3. The van der Waals surface area contributed by atoms with Gasteiger partial charge in [-0.15, -0.1) is 0 Å². The molecule has 3 heterocycles. The van der Waals surface area contributed by atoms with Gasteiger partial charge in [0.15, 0.2) is 0 Å². The van der Waals surface area contributed by atoms with Crippen LogP contribution in [0, 0.1) is 0 Å². The van der Waals surface area contributed by atoms with Crippen molar-refractivity contribution in [3.8, 4) is 0 Å². The molecule has 0 saturated carbocycles. The van der Waals surface area contributed by atoms with Crippen LogP contribution in [0.15, 0.2) is 36.0 Å². The van der Waals surface area contributed by atoms with Gasteiger partial charge < -0.3 is 0 Å². The van der Waals surface area contributed by atoms with E-state index >= 15 is 0 Å². The van der Waals surface area contributed by atoms with Gasteiger partial charge in [0.2, 0.25) is 0 Å². The Balaban J connectivity index is 0.000000241. The van der Waals surface area contributed by atoms with E-state index in [1.54, 1.807) is 23.1 Å². The molecule has 0 aromatic heterocycles. The van der Waals surface area contributed by atoms with Crippen LogP contribution < -0.4 is 0 Å². The third-order valence-electron chi connectivity index (χ3n) is 5.87. The fourth-order valence-electron chi connectivity index (χ4n) is 3.63. The lowest BCUT2D eigenvalue weighted by atomic mass is 10.2. The van der Waals surface area contributed by atoms with Gasteiger partial charge in [-0.2, -0.15) is 0 Å². The predicted molar refractivity (Wildman–Crippen MR) is 126 cm³/mol. The van der Waals surface area contributed by atoms with Crippen LogP contribution in [0.2, 0.25) is 0 Å². The summed E-state index contributed by atoms with van der Waals surface area (Å²) in [6.45, 7) is 16.1. The molecule has 0 saturated heterocycles. The van der Waals surface area contributed by atoms with Crippen molar-refractivity contribution in [2.45, 2.75) is 84.9 Å². The average Bonchev–Trinajstić information content (AvgIpc) is 2.90. The molecule has 0 aromatic carbocycles. The van der Waals surface area contributed by atoms with Crippen LogP contribution in [0.25, 0.3) is 0 Å². The van der Waals surface area contributed by atoms with E-state index in [1.807, 2.05) is 13.8 Å². The van der Waals surface area contributed by atoms with E-state index in [0.717, 1.165) is 45.1 Å². The van der Waals surface area contributed by atoms with Gasteiger partial charge in [0, 0.05) is 50.7 Å². The molecule has 0 bridgehead atoms. The van der Waals surface area contributed by atoms with E-state index in [2.05, 4.69) is 37.5 Å². The summed E-state index contributed by atoms with van der Waals surface area (Å²) in [5.74, 6) is -2.56. The summed E-state index contributed by atoms with van der Waals surface area (Å²) in [6.07, 6.45) is 8.14. The SMILES string of the molecule is CC(C)N1CC=C(F)CC1.CC(C)N1CCC=C(F)C1.CC(C)N1CCC=CC(F)(F)C1. The normalized spacial score (nSPS) is 22.5. The Labute approximate surface area is 192 Å². The van der Waals surface area contributed by atoms with Crippen molar-refractivity contribution in [2.75, 3.05) is 39.3 Å². The van der Waals surface area contributed by atoms with Gasteiger partial charge in [-0.1, -0.05) is 12.2 Å². The molecule has 3 aliphatic rings. The molecule has 0 aliphatic carbocycles. The predicted octanol–water partition coefficient (Wildman–Crippen LogP) is 6.20. The third kappa shape index (κ3) is 11.6. The summed E-state index contributed by atoms with van der Waals surface area (Å²) in [5, 5.41) is 0. The summed E-state index contributed by atoms with van der Waals surface area (Å²) in [7, 11) is 0. The zero-order valence-corrected chi connectivity index (χ0v) is 20.8. The minimum Gasteiger partial charge on any atom is -0.297 e. The van der Waals surface area contributed by atoms with Gasteiger partial charge in [-0.25, -0.2) is 17.6 Å². The first-order chi connectivity index (χ1) is 14.9. The van der Waals surface area contributed by atoms with Crippen LogP contribution in [0.1, 0.15) is 60.8 Å². The molecular weight excluding hydrogens is 418 g/mol. The highest BCUT2D eigenvalue weighted by molar-refractivity contribution is 5.01. The van der Waals surface area contributed by atoms with Crippen LogP contribution in [0.5, 0.6) is 0 Å². The summed E-state index contributed by atoms with van der Waals surface area (Å²) in [5.41, 5.74) is 0. The van der Waals surface area contributed by atoms with Crippen molar-refractivity contribution in [2.24, 2.45) is 0 Å². The first kappa shape index (κ1) is 28.9. The quantitative estimate of drug-likeness (QED) is 0.366. The molecule has 0 spiro atoms. The molecule has 0 atom stereocenters. The van der Waals surface area contributed by atoms with E-state index in [4.69, 9.17) is 0 Å². The van der Waals surface area contributed by atoms with Crippen LogP contribution in [-0.2, 0) is 0 Å². The van der Waals surface area contributed by atoms with Crippen molar-refractivity contribution in [1.82, 2.24) is 14.7 Å². The summed E-state index contributed by atoms with van der Waals surface area (Å²) < 4.78 is 51.0. The molecule has 186 valence electrons. The van der Waals surface area contributed by atoms with Crippen molar-refractivity contribution >= 4 is 0 Å². The lowest BCUT2D eigenvalue weighted by Gasteiger charge is -2.27. The molecule has 3 aliphatic heterocycles. The summed E-state index contributed by atoms with van der Waals surface area (Å²) in [6, 6.07) is 1.22. The van der Waals surface area contributed by atoms with Gasteiger partial charge in [-0.3, -0.25) is 14.7 Å². The maximum absolute atomic E-state index is 12.9. The fraction of sp³-hybridized carbons (Fsp3) is 0.760. The van der Waals surface area contributed by atoms with Crippen molar-refractivity contribution in [1.29, 1.82) is 0 Å². The number of hydrogen-bond donors (Lipinski definition) is 0. The van der Waals surface area contributed by atoms with Gasteiger partial charge in [-0.05, 0) is 66.5 Å².